The number of amidine groups is 1. The van der Waals surface area contributed by atoms with Gasteiger partial charge in [-0.2, -0.15) is 0 Å². The number of allylic oxidation sites excluding steroid dienone is 1. The Balaban J connectivity index is 1.88. The van der Waals surface area contributed by atoms with Crippen LogP contribution in [0, 0.1) is 5.41 Å². The zero-order valence-electron chi connectivity index (χ0n) is 15.3. The predicted molar refractivity (Wildman–Crippen MR) is 103 cm³/mol. The minimum atomic E-state index is 0.0876. The van der Waals surface area contributed by atoms with Gasteiger partial charge in [0.25, 0.3) is 0 Å². The average molecular weight is 321 g/mol. The van der Waals surface area contributed by atoms with Gasteiger partial charge in [0.1, 0.15) is 5.84 Å². The number of nitrogens with zero attached hydrogens (tertiary/aromatic N) is 2. The van der Waals surface area contributed by atoms with Gasteiger partial charge in [0, 0.05) is 35.1 Å². The van der Waals surface area contributed by atoms with Gasteiger partial charge in [-0.05, 0) is 55.7 Å². The van der Waals surface area contributed by atoms with E-state index >= 15 is 0 Å². The number of fused-ring (bicyclic) bond motifs is 3. The third-order valence-electron chi connectivity index (χ3n) is 6.35. The van der Waals surface area contributed by atoms with E-state index in [1.165, 1.54) is 42.6 Å². The van der Waals surface area contributed by atoms with Crippen LogP contribution in [0.5, 0.6) is 0 Å². The maximum Gasteiger partial charge on any atom is 0.103 e. The van der Waals surface area contributed by atoms with Crippen molar-refractivity contribution in [3.05, 3.63) is 42.1 Å². The van der Waals surface area contributed by atoms with Crippen LogP contribution >= 0.6 is 0 Å². The molecular weight excluding hydrogens is 294 g/mol. The second-order valence-electron chi connectivity index (χ2n) is 8.44. The van der Waals surface area contributed by atoms with Crippen LogP contribution in [0.15, 0.2) is 36.0 Å². The number of benzene rings is 1. The van der Waals surface area contributed by atoms with E-state index in [1.54, 1.807) is 0 Å². The normalized spacial score (nSPS) is 23.7. The van der Waals surface area contributed by atoms with Crippen LogP contribution in [0.25, 0.3) is 5.70 Å². The molecular formula is C21H27N3. The molecule has 4 rings (SSSR count). The quantitative estimate of drug-likeness (QED) is 0.719. The highest BCUT2D eigenvalue weighted by Crippen LogP contribution is 2.58. The number of anilines is 1. The summed E-state index contributed by atoms with van der Waals surface area (Å²) in [4.78, 5) is 7.01. The number of aliphatic imine (C=N–C) groups is 1. The lowest BCUT2D eigenvalue weighted by Crippen LogP contribution is -2.36. The molecule has 126 valence electrons. The molecule has 3 nitrogen and oxygen atoms in total. The molecule has 1 aromatic carbocycles. The summed E-state index contributed by atoms with van der Waals surface area (Å²) in [5.74, 6) is 0.913. The Hall–Kier alpha value is -2.03. The highest BCUT2D eigenvalue weighted by Gasteiger charge is 2.48. The van der Waals surface area contributed by atoms with Crippen molar-refractivity contribution >= 4 is 22.9 Å². The van der Waals surface area contributed by atoms with Crippen molar-refractivity contribution in [3.8, 4) is 0 Å². The number of nitrogens with one attached hydrogen (secondary N) is 1. The summed E-state index contributed by atoms with van der Waals surface area (Å²) in [7, 11) is 2.15. The maximum absolute atomic E-state index is 4.73. The van der Waals surface area contributed by atoms with E-state index in [0.717, 1.165) is 22.8 Å². The molecule has 1 aliphatic carbocycles. The van der Waals surface area contributed by atoms with Crippen LogP contribution in [-0.2, 0) is 5.41 Å². The van der Waals surface area contributed by atoms with Crippen LogP contribution in [0.1, 0.15) is 57.6 Å². The first-order valence-corrected chi connectivity index (χ1v) is 8.87. The fraction of sp³-hybridized carbons (Fsp3) is 0.476. The van der Waals surface area contributed by atoms with Crippen LogP contribution in [0.3, 0.4) is 0 Å². The van der Waals surface area contributed by atoms with Gasteiger partial charge in [-0.3, -0.25) is 0 Å². The molecule has 0 amide bonds. The van der Waals surface area contributed by atoms with Gasteiger partial charge in [-0.15, -0.1) is 0 Å². The summed E-state index contributed by atoms with van der Waals surface area (Å²) in [6.45, 7) is 15.4. The molecule has 1 aromatic rings. The van der Waals surface area contributed by atoms with E-state index < -0.39 is 0 Å². The zero-order chi connectivity index (χ0) is 17.3. The topological polar surface area (TPSA) is 27.6 Å². The Morgan fingerprint density at radius 1 is 1.12 bits per heavy atom. The SMILES string of the molecule is C=C1NC(C)=Nc2cc3c(cc21)N(C)C(=C)C31CCC(C)(C)CC1. The second-order valence-corrected chi connectivity index (χ2v) is 8.44. The monoisotopic (exact) mass is 321 g/mol. The summed E-state index contributed by atoms with van der Waals surface area (Å²) in [5, 5.41) is 3.25. The van der Waals surface area contributed by atoms with Crippen molar-refractivity contribution in [2.45, 2.75) is 51.9 Å². The first-order valence-electron chi connectivity index (χ1n) is 8.87. The van der Waals surface area contributed by atoms with E-state index in [2.05, 4.69) is 56.4 Å². The molecule has 2 aliphatic heterocycles. The van der Waals surface area contributed by atoms with E-state index in [1.807, 2.05) is 6.92 Å². The first kappa shape index (κ1) is 15.5. The third-order valence-corrected chi connectivity index (χ3v) is 6.35. The lowest BCUT2D eigenvalue weighted by Gasteiger charge is -2.42. The second kappa shape index (κ2) is 4.75. The van der Waals surface area contributed by atoms with Crippen molar-refractivity contribution in [1.29, 1.82) is 0 Å². The number of rotatable bonds is 0. The van der Waals surface area contributed by atoms with E-state index in [4.69, 9.17) is 4.99 Å². The molecule has 0 radical (unpaired) electrons. The summed E-state index contributed by atoms with van der Waals surface area (Å²) in [6.07, 6.45) is 4.84. The minimum Gasteiger partial charge on any atom is -0.348 e. The van der Waals surface area contributed by atoms with Gasteiger partial charge in [-0.25, -0.2) is 4.99 Å². The average Bonchev–Trinajstić information content (AvgIpc) is 2.71. The molecule has 1 spiro atoms. The minimum absolute atomic E-state index is 0.0876. The number of likely N-dealkylation sites (N-methyl/N-ethyl adjacent to an activating group) is 1. The summed E-state index contributed by atoms with van der Waals surface area (Å²) in [5.41, 5.74) is 7.54. The summed E-state index contributed by atoms with van der Waals surface area (Å²) >= 11 is 0. The van der Waals surface area contributed by atoms with Gasteiger partial charge in [0.15, 0.2) is 0 Å². The largest absolute Gasteiger partial charge is 0.348 e. The highest BCUT2D eigenvalue weighted by molar-refractivity contribution is 5.97. The lowest BCUT2D eigenvalue weighted by atomic mass is 9.62. The predicted octanol–water partition coefficient (Wildman–Crippen LogP) is 5.11. The summed E-state index contributed by atoms with van der Waals surface area (Å²) < 4.78 is 0. The van der Waals surface area contributed by atoms with Crippen molar-refractivity contribution < 1.29 is 0 Å². The fourth-order valence-electron chi connectivity index (χ4n) is 4.60. The third kappa shape index (κ3) is 2.00. The molecule has 0 aromatic heterocycles. The lowest BCUT2D eigenvalue weighted by molar-refractivity contribution is 0.186. The number of hydrogen-bond acceptors (Lipinski definition) is 3. The van der Waals surface area contributed by atoms with Crippen LogP contribution in [0.4, 0.5) is 11.4 Å². The Kier molecular flexibility index (Phi) is 3.07. The fourth-order valence-corrected chi connectivity index (χ4v) is 4.60. The molecule has 3 aliphatic rings. The van der Waals surface area contributed by atoms with Gasteiger partial charge < -0.3 is 10.2 Å². The van der Waals surface area contributed by atoms with Gasteiger partial charge >= 0.3 is 0 Å². The molecule has 0 saturated heterocycles. The first-order chi connectivity index (χ1) is 11.2. The van der Waals surface area contributed by atoms with Crippen molar-refractivity contribution in [1.82, 2.24) is 5.32 Å². The van der Waals surface area contributed by atoms with Crippen molar-refractivity contribution in [3.63, 3.8) is 0 Å². The molecule has 2 heterocycles. The van der Waals surface area contributed by atoms with Gasteiger partial charge in [-0.1, -0.05) is 27.0 Å². The molecule has 0 unspecified atom stereocenters. The molecule has 1 fully saturated rings. The van der Waals surface area contributed by atoms with Crippen molar-refractivity contribution in [2.24, 2.45) is 10.4 Å². The molecule has 1 N–H and O–H groups in total. The standard InChI is InChI=1S/C21H27N3/c1-13-16-11-19-17(12-18(16)23-15(3)22-13)21(14(2)24(19)6)9-7-20(4,5)8-10-21/h11-12H,1-2,7-10H2,3-6H3,(H,22,23). The van der Waals surface area contributed by atoms with E-state index in [0.29, 0.717) is 5.41 Å². The number of hydrogen-bond donors (Lipinski definition) is 1. The van der Waals surface area contributed by atoms with Crippen molar-refractivity contribution in [2.75, 3.05) is 11.9 Å². The van der Waals surface area contributed by atoms with Gasteiger partial charge in [0.05, 0.1) is 5.69 Å². The zero-order valence-corrected chi connectivity index (χ0v) is 15.3. The Morgan fingerprint density at radius 3 is 2.46 bits per heavy atom. The Bertz CT molecular complexity index is 788. The van der Waals surface area contributed by atoms with Gasteiger partial charge in [0.2, 0.25) is 0 Å². The van der Waals surface area contributed by atoms with Crippen LogP contribution in [0.2, 0.25) is 0 Å². The Labute approximate surface area is 145 Å². The molecule has 0 atom stereocenters. The molecule has 1 saturated carbocycles. The maximum atomic E-state index is 4.73. The summed E-state index contributed by atoms with van der Waals surface area (Å²) in [6, 6.07) is 4.54. The van der Waals surface area contributed by atoms with E-state index in [9.17, 15) is 0 Å². The van der Waals surface area contributed by atoms with Crippen LogP contribution in [-0.4, -0.2) is 12.9 Å². The van der Waals surface area contributed by atoms with E-state index in [-0.39, 0.29) is 5.41 Å². The smallest absolute Gasteiger partial charge is 0.103 e. The highest BCUT2D eigenvalue weighted by atomic mass is 15.2. The molecule has 24 heavy (non-hydrogen) atoms. The molecule has 3 heteroatoms. The van der Waals surface area contributed by atoms with Crippen LogP contribution < -0.4 is 10.2 Å². The molecule has 0 bridgehead atoms. The Morgan fingerprint density at radius 2 is 1.79 bits per heavy atom.